The molecule has 0 radical (unpaired) electrons. The molecule has 1 amide bonds. The van der Waals surface area contributed by atoms with Crippen LogP contribution in [0.25, 0.3) is 0 Å². The standard InChI is InChI=1S/C13H25NO2S/c1-14-13(15)10-6-3-7-11-17(16)12-8-4-2-5-9-12/h12H,2-11H2,1H3,(H,14,15). The Morgan fingerprint density at radius 3 is 2.53 bits per heavy atom. The fourth-order valence-electron chi connectivity index (χ4n) is 2.33. The molecule has 1 aliphatic rings. The van der Waals surface area contributed by atoms with E-state index >= 15 is 0 Å². The van der Waals surface area contributed by atoms with E-state index in [0.717, 1.165) is 37.9 Å². The van der Waals surface area contributed by atoms with Crippen LogP contribution in [-0.4, -0.2) is 28.2 Å². The number of rotatable bonds is 7. The molecule has 1 N–H and O–H groups in total. The highest BCUT2D eigenvalue weighted by Gasteiger charge is 2.18. The van der Waals surface area contributed by atoms with Crippen molar-refractivity contribution in [2.45, 2.75) is 63.0 Å². The zero-order chi connectivity index (χ0) is 12.5. The summed E-state index contributed by atoms with van der Waals surface area (Å²) in [5.41, 5.74) is 0. The summed E-state index contributed by atoms with van der Waals surface area (Å²) in [5, 5.41) is 3.08. The van der Waals surface area contributed by atoms with E-state index in [4.69, 9.17) is 0 Å². The van der Waals surface area contributed by atoms with Gasteiger partial charge in [-0.2, -0.15) is 0 Å². The summed E-state index contributed by atoms with van der Waals surface area (Å²) in [6.45, 7) is 0. The summed E-state index contributed by atoms with van der Waals surface area (Å²) in [4.78, 5) is 11.0. The molecule has 0 spiro atoms. The van der Waals surface area contributed by atoms with Crippen molar-refractivity contribution in [3.63, 3.8) is 0 Å². The minimum atomic E-state index is -0.623. The fourth-order valence-corrected chi connectivity index (χ4v) is 4.01. The molecule has 1 saturated carbocycles. The smallest absolute Gasteiger partial charge is 0.219 e. The SMILES string of the molecule is CNC(=O)CCCCCS(=O)C1CCCCC1. The number of unbranched alkanes of at least 4 members (excludes halogenated alkanes) is 2. The zero-order valence-electron chi connectivity index (χ0n) is 10.9. The molecular formula is C13H25NO2S. The second kappa shape index (κ2) is 8.67. The maximum absolute atomic E-state index is 12.0. The molecule has 0 saturated heterocycles. The van der Waals surface area contributed by atoms with Crippen LogP contribution in [0.2, 0.25) is 0 Å². The van der Waals surface area contributed by atoms with Gasteiger partial charge in [0.1, 0.15) is 0 Å². The largest absolute Gasteiger partial charge is 0.359 e. The van der Waals surface area contributed by atoms with Gasteiger partial charge in [0.05, 0.1) is 0 Å². The van der Waals surface area contributed by atoms with Gasteiger partial charge in [0.15, 0.2) is 0 Å². The van der Waals surface area contributed by atoms with Crippen LogP contribution >= 0.6 is 0 Å². The molecule has 0 aliphatic heterocycles. The lowest BCUT2D eigenvalue weighted by atomic mass is 10.0. The quantitative estimate of drug-likeness (QED) is 0.714. The summed E-state index contributed by atoms with van der Waals surface area (Å²) in [6.07, 6.45) is 9.69. The Bertz CT molecular complexity index is 250. The lowest BCUT2D eigenvalue weighted by Crippen LogP contribution is -2.21. The summed E-state index contributed by atoms with van der Waals surface area (Å²) < 4.78 is 12.0. The number of carbonyl (C=O) groups excluding carboxylic acids is 1. The Morgan fingerprint density at radius 2 is 1.88 bits per heavy atom. The van der Waals surface area contributed by atoms with Gasteiger partial charge in [0.25, 0.3) is 0 Å². The Balaban J connectivity index is 2.01. The number of carbonyl (C=O) groups is 1. The van der Waals surface area contributed by atoms with Gasteiger partial charge in [-0.3, -0.25) is 9.00 Å². The van der Waals surface area contributed by atoms with Crippen LogP contribution in [0, 0.1) is 0 Å². The molecular weight excluding hydrogens is 234 g/mol. The minimum Gasteiger partial charge on any atom is -0.359 e. The minimum absolute atomic E-state index is 0.110. The maximum Gasteiger partial charge on any atom is 0.219 e. The first kappa shape index (κ1) is 14.7. The Labute approximate surface area is 107 Å². The average molecular weight is 259 g/mol. The molecule has 4 heteroatoms. The van der Waals surface area contributed by atoms with Crippen molar-refractivity contribution in [3.05, 3.63) is 0 Å². The first-order valence-electron chi connectivity index (χ1n) is 6.82. The predicted octanol–water partition coefficient (Wildman–Crippen LogP) is 2.37. The molecule has 0 aromatic rings. The van der Waals surface area contributed by atoms with Crippen molar-refractivity contribution in [3.8, 4) is 0 Å². The first-order chi connectivity index (χ1) is 8.24. The van der Waals surface area contributed by atoms with Gasteiger partial charge in [-0.25, -0.2) is 0 Å². The second-order valence-electron chi connectivity index (χ2n) is 4.83. The topological polar surface area (TPSA) is 46.2 Å². The molecule has 3 nitrogen and oxygen atoms in total. The van der Waals surface area contributed by atoms with E-state index in [1.54, 1.807) is 7.05 Å². The normalized spacial score (nSPS) is 18.9. The molecule has 0 heterocycles. The first-order valence-corrected chi connectivity index (χ1v) is 8.20. The van der Waals surface area contributed by atoms with Gasteiger partial charge >= 0.3 is 0 Å². The number of nitrogens with one attached hydrogen (secondary N) is 1. The third-order valence-corrected chi connectivity index (χ3v) is 5.36. The molecule has 0 aromatic carbocycles. The third kappa shape index (κ3) is 6.20. The predicted molar refractivity (Wildman–Crippen MR) is 72.4 cm³/mol. The Hall–Kier alpha value is -0.380. The van der Waals surface area contributed by atoms with Crippen molar-refractivity contribution < 1.29 is 9.00 Å². The van der Waals surface area contributed by atoms with Crippen LogP contribution in [0.3, 0.4) is 0 Å². The van der Waals surface area contributed by atoms with E-state index in [1.807, 2.05) is 0 Å². The van der Waals surface area contributed by atoms with E-state index in [0.29, 0.717) is 11.7 Å². The van der Waals surface area contributed by atoms with Gasteiger partial charge in [0.2, 0.25) is 5.91 Å². The lowest BCUT2D eigenvalue weighted by Gasteiger charge is -2.20. The second-order valence-corrected chi connectivity index (χ2v) is 6.67. The van der Waals surface area contributed by atoms with E-state index in [-0.39, 0.29) is 5.91 Å². The van der Waals surface area contributed by atoms with Gasteiger partial charge in [-0.1, -0.05) is 25.7 Å². The summed E-state index contributed by atoms with van der Waals surface area (Å²) >= 11 is 0. The van der Waals surface area contributed by atoms with E-state index in [1.165, 1.54) is 19.3 Å². The third-order valence-electron chi connectivity index (χ3n) is 3.45. The summed E-state index contributed by atoms with van der Waals surface area (Å²) in [7, 11) is 1.04. The molecule has 1 rings (SSSR count). The molecule has 17 heavy (non-hydrogen) atoms. The molecule has 1 atom stereocenters. The van der Waals surface area contributed by atoms with Crippen LogP contribution in [0.15, 0.2) is 0 Å². The molecule has 100 valence electrons. The molecule has 1 aliphatic carbocycles. The van der Waals surface area contributed by atoms with Gasteiger partial charge in [-0.15, -0.1) is 0 Å². The highest BCUT2D eigenvalue weighted by atomic mass is 32.2. The Morgan fingerprint density at radius 1 is 1.18 bits per heavy atom. The van der Waals surface area contributed by atoms with Crippen molar-refractivity contribution in [1.82, 2.24) is 5.32 Å². The number of hydrogen-bond donors (Lipinski definition) is 1. The molecule has 1 fully saturated rings. The average Bonchev–Trinajstić information content (AvgIpc) is 2.38. The highest BCUT2D eigenvalue weighted by Crippen LogP contribution is 2.22. The molecule has 0 bridgehead atoms. The van der Waals surface area contributed by atoms with Crippen molar-refractivity contribution in [2.24, 2.45) is 0 Å². The van der Waals surface area contributed by atoms with Crippen molar-refractivity contribution in [2.75, 3.05) is 12.8 Å². The zero-order valence-corrected chi connectivity index (χ0v) is 11.7. The van der Waals surface area contributed by atoms with Crippen LogP contribution in [0.4, 0.5) is 0 Å². The van der Waals surface area contributed by atoms with E-state index in [9.17, 15) is 9.00 Å². The van der Waals surface area contributed by atoms with Gasteiger partial charge < -0.3 is 5.32 Å². The lowest BCUT2D eigenvalue weighted by molar-refractivity contribution is -0.120. The van der Waals surface area contributed by atoms with Crippen LogP contribution < -0.4 is 5.32 Å². The fraction of sp³-hybridized carbons (Fsp3) is 0.923. The van der Waals surface area contributed by atoms with Gasteiger partial charge in [-0.05, 0) is 25.7 Å². The van der Waals surface area contributed by atoms with Crippen LogP contribution in [-0.2, 0) is 15.6 Å². The number of amides is 1. The van der Waals surface area contributed by atoms with Gasteiger partial charge in [0, 0.05) is 35.3 Å². The summed E-state index contributed by atoms with van der Waals surface area (Å²) in [5.74, 6) is 0.941. The van der Waals surface area contributed by atoms with E-state index < -0.39 is 10.8 Å². The summed E-state index contributed by atoms with van der Waals surface area (Å²) in [6, 6.07) is 0. The number of hydrogen-bond acceptors (Lipinski definition) is 2. The highest BCUT2D eigenvalue weighted by molar-refractivity contribution is 7.85. The van der Waals surface area contributed by atoms with Crippen LogP contribution in [0.5, 0.6) is 0 Å². The molecule has 1 unspecified atom stereocenters. The Kier molecular flexibility index (Phi) is 7.49. The van der Waals surface area contributed by atoms with Crippen molar-refractivity contribution in [1.29, 1.82) is 0 Å². The monoisotopic (exact) mass is 259 g/mol. The maximum atomic E-state index is 12.0. The van der Waals surface area contributed by atoms with Crippen LogP contribution in [0.1, 0.15) is 57.8 Å². The molecule has 0 aromatic heterocycles. The van der Waals surface area contributed by atoms with Crippen molar-refractivity contribution >= 4 is 16.7 Å². The van der Waals surface area contributed by atoms with E-state index in [2.05, 4.69) is 5.32 Å².